The third-order valence-corrected chi connectivity index (χ3v) is 4.06. The molecule has 2 heterocycles. The summed E-state index contributed by atoms with van der Waals surface area (Å²) in [6.45, 7) is 0. The van der Waals surface area contributed by atoms with Crippen LogP contribution in [0.5, 0.6) is 0 Å². The molecule has 0 fully saturated rings. The van der Waals surface area contributed by atoms with Crippen LogP contribution in [-0.4, -0.2) is 23.5 Å². The summed E-state index contributed by atoms with van der Waals surface area (Å²) in [6.07, 6.45) is 0.884. The van der Waals surface area contributed by atoms with Crippen LogP contribution >= 0.6 is 11.6 Å². The second kappa shape index (κ2) is 9.15. The van der Waals surface area contributed by atoms with Gasteiger partial charge in [-0.25, -0.2) is 0 Å². The number of fused-ring (bicyclic) bond motifs is 2. The van der Waals surface area contributed by atoms with Crippen LogP contribution in [0.15, 0.2) is 42.5 Å². The molecule has 0 saturated carbocycles. The van der Waals surface area contributed by atoms with Crippen LogP contribution in [-0.2, 0) is 22.4 Å². The number of amides is 2. The van der Waals surface area contributed by atoms with E-state index in [0.29, 0.717) is 18.4 Å². The van der Waals surface area contributed by atoms with Gasteiger partial charge in [0.15, 0.2) is 5.78 Å². The molecule has 0 aromatic heterocycles. The summed E-state index contributed by atoms with van der Waals surface area (Å²) in [5.41, 5.74) is 4.29. The minimum Gasteiger partial charge on any atom is -0.326 e. The third kappa shape index (κ3) is 4.70. The molecule has 138 valence electrons. The molecule has 2 aromatic carbocycles. The molecule has 0 spiro atoms. The molecule has 6 heteroatoms. The number of hydrogen-bond acceptors (Lipinski definition) is 3. The highest BCUT2D eigenvalue weighted by molar-refractivity contribution is 6.30. The fraction of sp³-hybridized carbons (Fsp3) is 0.250. The van der Waals surface area contributed by atoms with Gasteiger partial charge in [-0.3, -0.25) is 14.4 Å². The first-order valence-electron chi connectivity index (χ1n) is 7.46. The van der Waals surface area contributed by atoms with E-state index in [2.05, 4.69) is 10.6 Å². The summed E-state index contributed by atoms with van der Waals surface area (Å²) in [5.74, 6) is -0.0781. The summed E-state index contributed by atoms with van der Waals surface area (Å²) >= 11 is 5.43. The smallest absolute Gasteiger partial charge is 0.228 e. The van der Waals surface area contributed by atoms with Crippen molar-refractivity contribution in [2.24, 2.45) is 0 Å². The number of benzene rings is 2. The lowest BCUT2D eigenvalue weighted by Crippen LogP contribution is -2.03. The second-order valence-electron chi connectivity index (χ2n) is 5.54. The Kier molecular flexibility index (Phi) is 7.53. The van der Waals surface area contributed by atoms with Crippen molar-refractivity contribution < 1.29 is 14.4 Å². The highest BCUT2D eigenvalue weighted by Gasteiger charge is 2.18. The monoisotopic (exact) mass is 374 g/mol. The van der Waals surface area contributed by atoms with E-state index in [1.54, 1.807) is 18.2 Å². The van der Waals surface area contributed by atoms with Crippen LogP contribution in [0.1, 0.15) is 36.3 Å². The molecular weight excluding hydrogens is 352 g/mol. The molecular formula is C20H23ClN2O3. The first-order valence-corrected chi connectivity index (χ1v) is 8.00. The Bertz CT molecular complexity index is 807. The average Bonchev–Trinajstić information content (AvgIpc) is 3.14. The minimum atomic E-state index is -0.117. The van der Waals surface area contributed by atoms with E-state index in [-0.39, 0.29) is 38.3 Å². The molecule has 26 heavy (non-hydrogen) atoms. The fourth-order valence-corrected chi connectivity index (χ4v) is 2.80. The van der Waals surface area contributed by atoms with Crippen LogP contribution in [0.2, 0.25) is 0 Å². The van der Waals surface area contributed by atoms with Crippen molar-refractivity contribution in [3.63, 3.8) is 0 Å². The number of para-hydroxylation sites is 1. The Morgan fingerprint density at radius 2 is 1.46 bits per heavy atom. The first-order chi connectivity index (χ1) is 11.6. The van der Waals surface area contributed by atoms with Gasteiger partial charge in [0.25, 0.3) is 0 Å². The fourth-order valence-electron chi connectivity index (χ4n) is 2.64. The SMILES string of the molecule is C.C.O=C1Cc2cc(C(=O)CCl)ccc2N1.O=C1Cc2ccccc2N1. The molecule has 0 bridgehead atoms. The Balaban J connectivity index is 0.000000252. The number of ketones is 1. The van der Waals surface area contributed by atoms with Crippen molar-refractivity contribution in [3.8, 4) is 0 Å². The molecule has 2 aliphatic rings. The van der Waals surface area contributed by atoms with Gasteiger partial charge in [-0.1, -0.05) is 33.1 Å². The van der Waals surface area contributed by atoms with Gasteiger partial charge in [0.2, 0.25) is 11.8 Å². The largest absolute Gasteiger partial charge is 0.326 e. The van der Waals surface area contributed by atoms with Crippen LogP contribution in [0.3, 0.4) is 0 Å². The number of carbonyl (C=O) groups is 3. The average molecular weight is 375 g/mol. The molecule has 2 N–H and O–H groups in total. The van der Waals surface area contributed by atoms with Crippen molar-refractivity contribution in [1.29, 1.82) is 0 Å². The van der Waals surface area contributed by atoms with E-state index in [9.17, 15) is 14.4 Å². The summed E-state index contributed by atoms with van der Waals surface area (Å²) in [5, 5.41) is 5.46. The van der Waals surface area contributed by atoms with Gasteiger partial charge in [0.05, 0.1) is 18.7 Å². The topological polar surface area (TPSA) is 75.3 Å². The van der Waals surface area contributed by atoms with Crippen molar-refractivity contribution in [1.82, 2.24) is 0 Å². The Morgan fingerprint density at radius 1 is 0.885 bits per heavy atom. The van der Waals surface area contributed by atoms with E-state index in [4.69, 9.17) is 11.6 Å². The highest BCUT2D eigenvalue weighted by Crippen LogP contribution is 2.24. The summed E-state index contributed by atoms with van der Waals surface area (Å²) in [7, 11) is 0. The molecule has 2 aliphatic heterocycles. The van der Waals surface area contributed by atoms with E-state index in [1.165, 1.54) is 0 Å². The zero-order valence-corrected chi connectivity index (χ0v) is 13.5. The van der Waals surface area contributed by atoms with Gasteiger partial charge < -0.3 is 10.6 Å². The maximum atomic E-state index is 11.3. The predicted molar refractivity (Wildman–Crippen MR) is 106 cm³/mol. The number of anilines is 2. The molecule has 0 saturated heterocycles. The van der Waals surface area contributed by atoms with Crippen molar-refractivity contribution in [2.45, 2.75) is 27.7 Å². The van der Waals surface area contributed by atoms with Crippen molar-refractivity contribution in [3.05, 3.63) is 59.2 Å². The standard InChI is InChI=1S/C10H8ClNO2.C8H7NO.2CH4/c11-5-9(13)6-1-2-8-7(3-6)4-10(14)12-8;10-8-5-6-3-1-2-4-7(6)9-8;;/h1-3H,4-5H2,(H,12,14);1-4H,5H2,(H,9,10);2*1H4. The lowest BCUT2D eigenvalue weighted by atomic mass is 10.1. The van der Waals surface area contributed by atoms with Gasteiger partial charge in [-0.15, -0.1) is 11.6 Å². The van der Waals surface area contributed by atoms with Crippen molar-refractivity contribution in [2.75, 3.05) is 16.5 Å². The zero-order chi connectivity index (χ0) is 17.1. The van der Waals surface area contributed by atoms with Crippen molar-refractivity contribution >= 4 is 40.6 Å². The van der Waals surface area contributed by atoms with Crippen LogP contribution in [0, 0.1) is 0 Å². The number of nitrogens with one attached hydrogen (secondary N) is 2. The summed E-state index contributed by atoms with van der Waals surface area (Å²) in [4.78, 5) is 33.1. The Hall–Kier alpha value is -2.66. The maximum Gasteiger partial charge on any atom is 0.228 e. The highest BCUT2D eigenvalue weighted by atomic mass is 35.5. The maximum absolute atomic E-state index is 11.3. The lowest BCUT2D eigenvalue weighted by Gasteiger charge is -2.00. The molecule has 4 rings (SSSR count). The van der Waals surface area contributed by atoms with E-state index in [0.717, 1.165) is 22.5 Å². The van der Waals surface area contributed by atoms with Gasteiger partial charge in [-0.05, 0) is 35.4 Å². The predicted octanol–water partition coefficient (Wildman–Crippen LogP) is 4.06. The van der Waals surface area contributed by atoms with Crippen LogP contribution < -0.4 is 10.6 Å². The molecule has 2 amide bonds. The Morgan fingerprint density at radius 3 is 2.08 bits per heavy atom. The van der Waals surface area contributed by atoms with Gasteiger partial charge in [0, 0.05) is 16.9 Å². The molecule has 0 aliphatic carbocycles. The summed E-state index contributed by atoms with van der Waals surface area (Å²) in [6, 6.07) is 12.9. The van der Waals surface area contributed by atoms with Gasteiger partial charge in [0.1, 0.15) is 0 Å². The molecule has 5 nitrogen and oxygen atoms in total. The first kappa shape index (κ1) is 21.4. The number of hydrogen-bond donors (Lipinski definition) is 2. The van der Waals surface area contributed by atoms with Gasteiger partial charge >= 0.3 is 0 Å². The number of carbonyl (C=O) groups excluding carboxylic acids is 3. The number of halogens is 1. The zero-order valence-electron chi connectivity index (χ0n) is 12.8. The number of Topliss-reactive ketones (excluding diaryl/α,β-unsaturated/α-hetero) is 1. The Labute approximate surface area is 158 Å². The minimum absolute atomic E-state index is 0. The molecule has 0 atom stereocenters. The van der Waals surface area contributed by atoms with Crippen LogP contribution in [0.25, 0.3) is 0 Å². The number of rotatable bonds is 2. The lowest BCUT2D eigenvalue weighted by molar-refractivity contribution is -0.115. The van der Waals surface area contributed by atoms with E-state index < -0.39 is 0 Å². The second-order valence-corrected chi connectivity index (χ2v) is 5.80. The van der Waals surface area contributed by atoms with E-state index >= 15 is 0 Å². The third-order valence-electron chi connectivity index (χ3n) is 3.82. The molecule has 2 aromatic rings. The summed E-state index contributed by atoms with van der Waals surface area (Å²) < 4.78 is 0. The van der Waals surface area contributed by atoms with E-state index in [1.807, 2.05) is 24.3 Å². The molecule has 0 radical (unpaired) electrons. The van der Waals surface area contributed by atoms with Gasteiger partial charge in [-0.2, -0.15) is 0 Å². The molecule has 0 unspecified atom stereocenters. The quantitative estimate of drug-likeness (QED) is 0.615. The van der Waals surface area contributed by atoms with Crippen LogP contribution in [0.4, 0.5) is 11.4 Å². The normalized spacial score (nSPS) is 13.0. The number of alkyl halides is 1.